The summed E-state index contributed by atoms with van der Waals surface area (Å²) < 4.78 is 13.3. The van der Waals surface area contributed by atoms with Crippen LogP contribution in [0.3, 0.4) is 0 Å². The van der Waals surface area contributed by atoms with Crippen molar-refractivity contribution < 1.29 is 9.18 Å². The molecule has 0 radical (unpaired) electrons. The van der Waals surface area contributed by atoms with Gasteiger partial charge in [-0.1, -0.05) is 18.2 Å². The van der Waals surface area contributed by atoms with Crippen molar-refractivity contribution in [2.45, 2.75) is 13.0 Å². The summed E-state index contributed by atoms with van der Waals surface area (Å²) in [5.41, 5.74) is 5.89. The number of nitrogens with one attached hydrogen (secondary N) is 1. The summed E-state index contributed by atoms with van der Waals surface area (Å²) in [4.78, 5) is 13.5. The fraction of sp³-hybridized carbons (Fsp3) is 0.462. The first-order chi connectivity index (χ1) is 8.63. The minimum atomic E-state index is -0.297. The van der Waals surface area contributed by atoms with Gasteiger partial charge in [0.15, 0.2) is 0 Å². The van der Waals surface area contributed by atoms with Crippen LogP contribution in [0.4, 0.5) is 4.39 Å². The van der Waals surface area contributed by atoms with Crippen molar-refractivity contribution in [2.75, 3.05) is 26.7 Å². The second kappa shape index (κ2) is 7.79. The van der Waals surface area contributed by atoms with Crippen LogP contribution in [0.1, 0.15) is 12.0 Å². The fourth-order valence-electron chi connectivity index (χ4n) is 1.58. The lowest BCUT2D eigenvalue weighted by molar-refractivity contribution is -0.122. The van der Waals surface area contributed by atoms with Crippen molar-refractivity contribution in [3.05, 3.63) is 35.6 Å². The molecule has 0 aliphatic rings. The molecule has 18 heavy (non-hydrogen) atoms. The van der Waals surface area contributed by atoms with Crippen LogP contribution in [0.2, 0.25) is 0 Å². The lowest BCUT2D eigenvalue weighted by Crippen LogP contribution is -2.35. The standard InChI is InChI=1S/C13H20FN3O/c1-17(8-4-7-15)10-13(18)16-9-11-5-2-3-6-12(11)14/h2-3,5-6H,4,7-10,15H2,1H3,(H,16,18). The minimum absolute atomic E-state index is 0.113. The molecule has 0 unspecified atom stereocenters. The Kier molecular flexibility index (Phi) is 6.32. The van der Waals surface area contributed by atoms with Crippen LogP contribution in [-0.2, 0) is 11.3 Å². The van der Waals surface area contributed by atoms with E-state index in [-0.39, 0.29) is 18.3 Å². The molecule has 1 aromatic rings. The molecule has 0 saturated carbocycles. The normalized spacial score (nSPS) is 10.7. The predicted octanol–water partition coefficient (Wildman–Crippen LogP) is 0.723. The predicted molar refractivity (Wildman–Crippen MR) is 69.4 cm³/mol. The maximum Gasteiger partial charge on any atom is 0.234 e. The number of benzene rings is 1. The van der Waals surface area contributed by atoms with E-state index in [1.54, 1.807) is 18.2 Å². The van der Waals surface area contributed by atoms with Crippen molar-refractivity contribution in [3.63, 3.8) is 0 Å². The zero-order valence-electron chi connectivity index (χ0n) is 10.7. The minimum Gasteiger partial charge on any atom is -0.351 e. The average molecular weight is 253 g/mol. The molecule has 5 heteroatoms. The molecular formula is C13H20FN3O. The highest BCUT2D eigenvalue weighted by atomic mass is 19.1. The first kappa shape index (κ1) is 14.6. The van der Waals surface area contributed by atoms with E-state index in [4.69, 9.17) is 5.73 Å². The molecule has 0 saturated heterocycles. The molecule has 1 rings (SSSR count). The van der Waals surface area contributed by atoms with Gasteiger partial charge < -0.3 is 11.1 Å². The molecule has 0 aromatic heterocycles. The van der Waals surface area contributed by atoms with Crippen molar-refractivity contribution in [3.8, 4) is 0 Å². The van der Waals surface area contributed by atoms with Crippen molar-refractivity contribution in [2.24, 2.45) is 5.73 Å². The topological polar surface area (TPSA) is 58.4 Å². The fourth-order valence-corrected chi connectivity index (χ4v) is 1.58. The summed E-state index contributed by atoms with van der Waals surface area (Å²) in [6.07, 6.45) is 0.858. The van der Waals surface area contributed by atoms with Crippen LogP contribution in [0.15, 0.2) is 24.3 Å². The third-order valence-corrected chi connectivity index (χ3v) is 2.59. The SMILES string of the molecule is CN(CCCN)CC(=O)NCc1ccccc1F. The Balaban J connectivity index is 2.31. The van der Waals surface area contributed by atoms with Gasteiger partial charge in [-0.2, -0.15) is 0 Å². The number of nitrogens with zero attached hydrogens (tertiary/aromatic N) is 1. The first-order valence-corrected chi connectivity index (χ1v) is 6.02. The molecule has 100 valence electrons. The Hall–Kier alpha value is -1.46. The van der Waals surface area contributed by atoms with Gasteiger partial charge in [0.05, 0.1) is 6.54 Å². The summed E-state index contributed by atoms with van der Waals surface area (Å²) in [6, 6.07) is 6.42. The van der Waals surface area contributed by atoms with Crippen LogP contribution in [0.5, 0.6) is 0 Å². The number of amides is 1. The number of hydrogen-bond donors (Lipinski definition) is 2. The number of nitrogens with two attached hydrogens (primary N) is 1. The van der Waals surface area contributed by atoms with Gasteiger partial charge in [-0.15, -0.1) is 0 Å². The van der Waals surface area contributed by atoms with Crippen molar-refractivity contribution >= 4 is 5.91 Å². The monoisotopic (exact) mass is 253 g/mol. The van der Waals surface area contributed by atoms with E-state index in [2.05, 4.69) is 5.32 Å². The Bertz CT molecular complexity index is 384. The van der Waals surface area contributed by atoms with E-state index in [9.17, 15) is 9.18 Å². The van der Waals surface area contributed by atoms with Crippen LogP contribution in [0, 0.1) is 5.82 Å². The largest absolute Gasteiger partial charge is 0.351 e. The van der Waals surface area contributed by atoms with Gasteiger partial charge in [-0.05, 0) is 32.6 Å². The molecule has 0 fully saturated rings. The van der Waals surface area contributed by atoms with Gasteiger partial charge in [-0.25, -0.2) is 4.39 Å². The van der Waals surface area contributed by atoms with E-state index in [1.807, 2.05) is 11.9 Å². The van der Waals surface area contributed by atoms with E-state index >= 15 is 0 Å². The number of rotatable bonds is 7. The number of halogens is 1. The Morgan fingerprint density at radius 2 is 2.17 bits per heavy atom. The summed E-state index contributed by atoms with van der Waals surface area (Å²) in [6.45, 7) is 1.91. The molecular weight excluding hydrogens is 233 g/mol. The molecule has 1 amide bonds. The smallest absolute Gasteiger partial charge is 0.234 e. The number of hydrogen-bond acceptors (Lipinski definition) is 3. The van der Waals surface area contributed by atoms with E-state index in [1.165, 1.54) is 6.07 Å². The molecule has 4 nitrogen and oxygen atoms in total. The Labute approximate surface area is 107 Å². The van der Waals surface area contributed by atoms with E-state index in [0.29, 0.717) is 18.7 Å². The molecule has 3 N–H and O–H groups in total. The zero-order chi connectivity index (χ0) is 13.4. The maximum atomic E-state index is 13.3. The molecule has 0 bridgehead atoms. The number of carbonyl (C=O) groups excluding carboxylic acids is 1. The zero-order valence-corrected chi connectivity index (χ0v) is 10.7. The molecule has 0 aliphatic heterocycles. The molecule has 0 spiro atoms. The maximum absolute atomic E-state index is 13.3. The van der Waals surface area contributed by atoms with Gasteiger partial charge in [-0.3, -0.25) is 9.69 Å². The van der Waals surface area contributed by atoms with E-state index < -0.39 is 0 Å². The Morgan fingerprint density at radius 1 is 1.44 bits per heavy atom. The molecule has 1 aromatic carbocycles. The molecule has 0 heterocycles. The average Bonchev–Trinajstić information content (AvgIpc) is 2.35. The van der Waals surface area contributed by atoms with Gasteiger partial charge in [0.2, 0.25) is 5.91 Å². The quantitative estimate of drug-likeness (QED) is 0.753. The third kappa shape index (κ3) is 5.25. The van der Waals surface area contributed by atoms with Crippen LogP contribution in [-0.4, -0.2) is 37.5 Å². The summed E-state index contributed by atoms with van der Waals surface area (Å²) in [7, 11) is 1.86. The Morgan fingerprint density at radius 3 is 2.83 bits per heavy atom. The van der Waals surface area contributed by atoms with Crippen LogP contribution < -0.4 is 11.1 Å². The molecule has 0 aliphatic carbocycles. The second-order valence-electron chi connectivity index (χ2n) is 4.25. The lowest BCUT2D eigenvalue weighted by Gasteiger charge is -2.15. The van der Waals surface area contributed by atoms with Crippen LogP contribution in [0.25, 0.3) is 0 Å². The first-order valence-electron chi connectivity index (χ1n) is 6.02. The number of carbonyl (C=O) groups is 1. The summed E-state index contributed by atoms with van der Waals surface area (Å²) in [5.74, 6) is -0.410. The second-order valence-corrected chi connectivity index (χ2v) is 4.25. The third-order valence-electron chi connectivity index (χ3n) is 2.59. The van der Waals surface area contributed by atoms with E-state index in [0.717, 1.165) is 13.0 Å². The van der Waals surface area contributed by atoms with Crippen molar-refractivity contribution in [1.82, 2.24) is 10.2 Å². The lowest BCUT2D eigenvalue weighted by atomic mass is 10.2. The van der Waals surface area contributed by atoms with Gasteiger partial charge in [0, 0.05) is 12.1 Å². The highest BCUT2D eigenvalue weighted by Gasteiger charge is 2.07. The van der Waals surface area contributed by atoms with Gasteiger partial charge >= 0.3 is 0 Å². The number of likely N-dealkylation sites (N-methyl/N-ethyl adjacent to an activating group) is 1. The summed E-state index contributed by atoms with van der Waals surface area (Å²) in [5, 5.41) is 2.70. The van der Waals surface area contributed by atoms with Crippen molar-refractivity contribution in [1.29, 1.82) is 0 Å². The van der Waals surface area contributed by atoms with Gasteiger partial charge in [0.25, 0.3) is 0 Å². The highest BCUT2D eigenvalue weighted by molar-refractivity contribution is 5.77. The highest BCUT2D eigenvalue weighted by Crippen LogP contribution is 2.05. The summed E-state index contributed by atoms with van der Waals surface area (Å²) >= 11 is 0. The van der Waals surface area contributed by atoms with Gasteiger partial charge in [0.1, 0.15) is 5.82 Å². The molecule has 0 atom stereocenters. The van der Waals surface area contributed by atoms with Crippen LogP contribution >= 0.6 is 0 Å².